The summed E-state index contributed by atoms with van der Waals surface area (Å²) in [6.45, 7) is 1.54. The van der Waals surface area contributed by atoms with Crippen LogP contribution in [0, 0.1) is 5.41 Å². The molecule has 0 radical (unpaired) electrons. The van der Waals surface area contributed by atoms with Crippen molar-refractivity contribution in [3.05, 3.63) is 35.9 Å². The second kappa shape index (κ2) is 4.80. The summed E-state index contributed by atoms with van der Waals surface area (Å²) in [6.07, 6.45) is 3.62. The first-order valence-corrected chi connectivity index (χ1v) is 7.05. The van der Waals surface area contributed by atoms with Crippen molar-refractivity contribution in [1.29, 1.82) is 0 Å². The zero-order valence-electron chi connectivity index (χ0n) is 11.1. The van der Waals surface area contributed by atoms with Gasteiger partial charge in [0.05, 0.1) is 5.41 Å². The van der Waals surface area contributed by atoms with Crippen molar-refractivity contribution in [2.45, 2.75) is 38.6 Å². The maximum atomic E-state index is 12.6. The van der Waals surface area contributed by atoms with E-state index in [1.165, 1.54) is 5.56 Å². The fraction of sp³-hybridized carbons (Fsp3) is 0.500. The molecule has 3 heteroatoms. The average Bonchev–Trinajstić information content (AvgIpc) is 2.73. The Kier molecular flexibility index (Phi) is 3.13. The van der Waals surface area contributed by atoms with E-state index in [9.17, 15) is 9.59 Å². The molecule has 0 bridgehead atoms. The lowest BCUT2D eigenvalue weighted by Gasteiger charge is -2.31. The quantitative estimate of drug-likeness (QED) is 0.816. The van der Waals surface area contributed by atoms with Crippen LogP contribution in [0.3, 0.4) is 0 Å². The third kappa shape index (κ3) is 2.29. The van der Waals surface area contributed by atoms with Crippen LogP contribution in [0.25, 0.3) is 0 Å². The van der Waals surface area contributed by atoms with E-state index < -0.39 is 0 Å². The van der Waals surface area contributed by atoms with E-state index in [0.717, 1.165) is 25.8 Å². The molecule has 3 rings (SSSR count). The van der Waals surface area contributed by atoms with Gasteiger partial charge in [0.2, 0.25) is 5.91 Å². The molecule has 100 valence electrons. The van der Waals surface area contributed by atoms with Crippen molar-refractivity contribution in [3.63, 3.8) is 0 Å². The highest BCUT2D eigenvalue weighted by Crippen LogP contribution is 2.44. The van der Waals surface area contributed by atoms with Crippen LogP contribution in [0.1, 0.15) is 37.7 Å². The molecule has 0 unspecified atom stereocenters. The predicted octanol–water partition coefficient (Wildman–Crippen LogP) is 2.55. The molecular formula is C16H19NO2. The zero-order chi connectivity index (χ0) is 13.3. The Hall–Kier alpha value is -1.64. The number of hydrogen-bond donors (Lipinski definition) is 0. The molecule has 1 heterocycles. The number of nitrogens with zero attached hydrogens (tertiary/aromatic N) is 1. The van der Waals surface area contributed by atoms with Crippen LogP contribution in [0.2, 0.25) is 0 Å². The van der Waals surface area contributed by atoms with Crippen molar-refractivity contribution < 1.29 is 9.59 Å². The van der Waals surface area contributed by atoms with Crippen molar-refractivity contribution in [2.75, 3.05) is 6.54 Å². The topological polar surface area (TPSA) is 37.4 Å². The van der Waals surface area contributed by atoms with Crippen molar-refractivity contribution >= 4 is 11.7 Å². The van der Waals surface area contributed by atoms with Crippen LogP contribution < -0.4 is 0 Å². The lowest BCUT2D eigenvalue weighted by atomic mass is 9.72. The molecule has 0 aromatic heterocycles. The summed E-state index contributed by atoms with van der Waals surface area (Å²) in [6, 6.07) is 10.1. The molecular weight excluding hydrogens is 238 g/mol. The lowest BCUT2D eigenvalue weighted by Crippen LogP contribution is -2.37. The van der Waals surface area contributed by atoms with Crippen LogP contribution in [0.5, 0.6) is 0 Å². The molecule has 1 aromatic carbocycles. The second-order valence-electron chi connectivity index (χ2n) is 5.78. The first-order valence-electron chi connectivity index (χ1n) is 7.05. The number of carbonyl (C=O) groups excluding carboxylic acids is 2. The molecule has 2 aliphatic rings. The smallest absolute Gasteiger partial charge is 0.229 e. The minimum Gasteiger partial charge on any atom is -0.338 e. The number of benzene rings is 1. The molecule has 1 spiro atoms. The number of Topliss-reactive ketones (excluding diaryl/α,β-unsaturated/α-hetero) is 1. The molecule has 19 heavy (non-hydrogen) atoms. The van der Waals surface area contributed by atoms with Crippen molar-refractivity contribution in [3.8, 4) is 0 Å². The molecule has 1 saturated heterocycles. The van der Waals surface area contributed by atoms with Gasteiger partial charge in [-0.2, -0.15) is 0 Å². The molecule has 2 fully saturated rings. The molecule has 0 N–H and O–H groups in total. The highest BCUT2D eigenvalue weighted by molar-refractivity contribution is 5.88. The maximum absolute atomic E-state index is 12.6. The average molecular weight is 257 g/mol. The summed E-state index contributed by atoms with van der Waals surface area (Å²) in [7, 11) is 0. The molecule has 1 aromatic rings. The van der Waals surface area contributed by atoms with E-state index in [1.54, 1.807) is 0 Å². The Morgan fingerprint density at radius 3 is 2.37 bits per heavy atom. The summed E-state index contributed by atoms with van der Waals surface area (Å²) in [4.78, 5) is 25.9. The summed E-state index contributed by atoms with van der Waals surface area (Å²) in [5.41, 5.74) is 0.961. The van der Waals surface area contributed by atoms with Crippen LogP contribution in [-0.4, -0.2) is 23.1 Å². The van der Waals surface area contributed by atoms with Crippen LogP contribution in [0.15, 0.2) is 30.3 Å². The normalized spacial score (nSPS) is 22.2. The van der Waals surface area contributed by atoms with E-state index in [4.69, 9.17) is 0 Å². The highest BCUT2D eigenvalue weighted by Gasteiger charge is 2.47. The van der Waals surface area contributed by atoms with Crippen molar-refractivity contribution in [1.82, 2.24) is 4.90 Å². The summed E-state index contributed by atoms with van der Waals surface area (Å²) in [5.74, 6) is 0.587. The van der Waals surface area contributed by atoms with E-state index in [0.29, 0.717) is 25.2 Å². The fourth-order valence-corrected chi connectivity index (χ4v) is 3.32. The summed E-state index contributed by atoms with van der Waals surface area (Å²) >= 11 is 0. The number of hydrogen-bond acceptors (Lipinski definition) is 2. The van der Waals surface area contributed by atoms with E-state index in [2.05, 4.69) is 12.1 Å². The van der Waals surface area contributed by atoms with Gasteiger partial charge in [0.15, 0.2) is 0 Å². The standard InChI is InChI=1S/C16H19NO2/c18-14-6-8-16(9-7-14)10-11-17(15(16)19)12-13-4-2-1-3-5-13/h1-5H,6-12H2. The monoisotopic (exact) mass is 257 g/mol. The first kappa shape index (κ1) is 12.4. The summed E-state index contributed by atoms with van der Waals surface area (Å²) < 4.78 is 0. The number of amides is 1. The maximum Gasteiger partial charge on any atom is 0.229 e. The Labute approximate surface area is 113 Å². The summed E-state index contributed by atoms with van der Waals surface area (Å²) in [5, 5.41) is 0. The Morgan fingerprint density at radius 2 is 1.68 bits per heavy atom. The molecule has 1 saturated carbocycles. The lowest BCUT2D eigenvalue weighted by molar-refractivity contribution is -0.139. The first-order chi connectivity index (χ1) is 9.20. The van der Waals surface area contributed by atoms with Crippen LogP contribution in [-0.2, 0) is 16.1 Å². The van der Waals surface area contributed by atoms with Gasteiger partial charge in [-0.1, -0.05) is 30.3 Å². The number of carbonyl (C=O) groups is 2. The molecule has 0 atom stereocenters. The molecule has 1 amide bonds. The number of ketones is 1. The van der Waals surface area contributed by atoms with Gasteiger partial charge in [0.1, 0.15) is 5.78 Å². The SMILES string of the molecule is O=C1CCC2(CC1)CCN(Cc1ccccc1)C2=O. The Bertz CT molecular complexity index is 485. The van der Waals surface area contributed by atoms with Gasteiger partial charge in [-0.05, 0) is 24.8 Å². The van der Waals surface area contributed by atoms with Gasteiger partial charge < -0.3 is 4.90 Å². The van der Waals surface area contributed by atoms with Gasteiger partial charge in [-0.3, -0.25) is 9.59 Å². The third-order valence-electron chi connectivity index (χ3n) is 4.58. The fourth-order valence-electron chi connectivity index (χ4n) is 3.32. The largest absolute Gasteiger partial charge is 0.338 e. The molecule has 1 aliphatic heterocycles. The second-order valence-corrected chi connectivity index (χ2v) is 5.78. The van der Waals surface area contributed by atoms with Crippen LogP contribution >= 0.6 is 0 Å². The minimum absolute atomic E-state index is 0.220. The Morgan fingerprint density at radius 1 is 1.00 bits per heavy atom. The van der Waals surface area contributed by atoms with Gasteiger partial charge in [-0.25, -0.2) is 0 Å². The predicted molar refractivity (Wildman–Crippen MR) is 72.4 cm³/mol. The van der Waals surface area contributed by atoms with Gasteiger partial charge in [0.25, 0.3) is 0 Å². The van der Waals surface area contributed by atoms with Crippen molar-refractivity contribution in [2.24, 2.45) is 5.41 Å². The molecule has 3 nitrogen and oxygen atoms in total. The molecule has 1 aliphatic carbocycles. The van der Waals surface area contributed by atoms with Crippen LogP contribution in [0.4, 0.5) is 0 Å². The van der Waals surface area contributed by atoms with E-state index >= 15 is 0 Å². The number of likely N-dealkylation sites (tertiary alicyclic amines) is 1. The van der Waals surface area contributed by atoms with E-state index in [-0.39, 0.29) is 11.3 Å². The number of rotatable bonds is 2. The van der Waals surface area contributed by atoms with Gasteiger partial charge in [0, 0.05) is 25.9 Å². The van der Waals surface area contributed by atoms with Gasteiger partial charge in [-0.15, -0.1) is 0 Å². The van der Waals surface area contributed by atoms with E-state index in [1.807, 2.05) is 23.1 Å². The Balaban J connectivity index is 1.70. The zero-order valence-corrected chi connectivity index (χ0v) is 11.1. The third-order valence-corrected chi connectivity index (χ3v) is 4.58. The minimum atomic E-state index is -0.220. The van der Waals surface area contributed by atoms with Gasteiger partial charge >= 0.3 is 0 Å². The highest BCUT2D eigenvalue weighted by atomic mass is 16.2.